The largest absolute Gasteiger partial charge is 0.491 e. The number of hydrogen-bond acceptors (Lipinski definition) is 4. The fraction of sp³-hybridized carbons (Fsp3) is 0.261. The second-order valence-electron chi connectivity index (χ2n) is 8.04. The fourth-order valence-electron chi connectivity index (χ4n) is 4.50. The molecule has 1 aliphatic carbocycles. The van der Waals surface area contributed by atoms with Crippen molar-refractivity contribution in [2.75, 3.05) is 6.61 Å². The number of aromatic amines is 1. The third-order valence-electron chi connectivity index (χ3n) is 6.18. The Labute approximate surface area is 175 Å². The van der Waals surface area contributed by atoms with Gasteiger partial charge in [-0.3, -0.25) is 9.59 Å². The van der Waals surface area contributed by atoms with Gasteiger partial charge in [0, 0.05) is 16.5 Å². The lowest BCUT2D eigenvalue weighted by Crippen LogP contribution is -2.41. The normalized spacial score (nSPS) is 18.2. The maximum absolute atomic E-state index is 14.5. The molecular formula is C23H17F2N3O3. The number of pyridine rings is 1. The smallest absolute Gasteiger partial charge is 0.252 e. The molecule has 156 valence electrons. The second-order valence-corrected chi connectivity index (χ2v) is 8.04. The number of nitrogens with zero attached hydrogens (tertiary/aromatic N) is 1. The van der Waals surface area contributed by atoms with Crippen LogP contribution in [0.3, 0.4) is 0 Å². The molecule has 0 radical (unpaired) electrons. The van der Waals surface area contributed by atoms with Crippen LogP contribution in [0.15, 0.2) is 35.1 Å². The first-order valence-corrected chi connectivity index (χ1v) is 9.84. The van der Waals surface area contributed by atoms with E-state index in [1.165, 1.54) is 24.3 Å². The standard InChI is InChI=1S/C23H17F2N3O3/c1-11-14-8-13(24)2-3-16(14)27-21(29)20(11)23(4-5-23)22(30)28-17-10-31-18-7-12(9-26)6-15(25)19(17)18/h2-3,6-8,17H,4-5,10H2,1H3,(H,27,29)(H,28,30)/t17-/m0/s1. The van der Waals surface area contributed by atoms with E-state index in [9.17, 15) is 18.4 Å². The van der Waals surface area contributed by atoms with Crippen LogP contribution >= 0.6 is 0 Å². The summed E-state index contributed by atoms with van der Waals surface area (Å²) in [6, 6.07) is 7.77. The lowest BCUT2D eigenvalue weighted by atomic mass is 9.89. The molecule has 1 atom stereocenters. The number of benzene rings is 2. The maximum Gasteiger partial charge on any atom is 0.252 e. The summed E-state index contributed by atoms with van der Waals surface area (Å²) in [5.41, 5.74) is 0.238. The number of nitrogens with one attached hydrogen (secondary N) is 2. The number of aryl methyl sites for hydroxylation is 1. The van der Waals surface area contributed by atoms with E-state index < -0.39 is 34.6 Å². The number of halogens is 2. The van der Waals surface area contributed by atoms with Gasteiger partial charge in [0.1, 0.15) is 24.0 Å². The van der Waals surface area contributed by atoms with Crippen LogP contribution in [0.2, 0.25) is 0 Å². The average molecular weight is 421 g/mol. The van der Waals surface area contributed by atoms with Crippen LogP contribution in [0.1, 0.15) is 41.1 Å². The van der Waals surface area contributed by atoms with Gasteiger partial charge in [0.25, 0.3) is 5.56 Å². The molecule has 0 unspecified atom stereocenters. The minimum atomic E-state index is -1.05. The summed E-state index contributed by atoms with van der Waals surface area (Å²) in [5.74, 6) is -1.24. The molecule has 2 aromatic carbocycles. The maximum atomic E-state index is 14.5. The third-order valence-corrected chi connectivity index (χ3v) is 6.18. The minimum absolute atomic E-state index is 0.0290. The summed E-state index contributed by atoms with van der Waals surface area (Å²) in [6.45, 7) is 1.73. The van der Waals surface area contributed by atoms with Gasteiger partial charge < -0.3 is 15.0 Å². The van der Waals surface area contributed by atoms with Gasteiger partial charge >= 0.3 is 0 Å². The highest BCUT2D eigenvalue weighted by molar-refractivity contribution is 5.94. The van der Waals surface area contributed by atoms with Crippen molar-refractivity contribution < 1.29 is 18.3 Å². The predicted molar refractivity (Wildman–Crippen MR) is 108 cm³/mol. The third kappa shape index (κ3) is 2.88. The van der Waals surface area contributed by atoms with Crippen LogP contribution in [0.4, 0.5) is 8.78 Å². The van der Waals surface area contributed by atoms with E-state index in [0.29, 0.717) is 34.9 Å². The Hall–Kier alpha value is -3.73. The molecule has 1 aromatic heterocycles. The number of hydrogen-bond donors (Lipinski definition) is 2. The number of H-pyrrole nitrogens is 1. The minimum Gasteiger partial charge on any atom is -0.491 e. The molecule has 31 heavy (non-hydrogen) atoms. The first-order valence-electron chi connectivity index (χ1n) is 9.84. The monoisotopic (exact) mass is 421 g/mol. The van der Waals surface area contributed by atoms with Crippen molar-refractivity contribution in [3.8, 4) is 11.8 Å². The van der Waals surface area contributed by atoms with E-state index in [1.807, 2.05) is 6.07 Å². The summed E-state index contributed by atoms with van der Waals surface area (Å²) in [7, 11) is 0. The summed E-state index contributed by atoms with van der Waals surface area (Å²) in [4.78, 5) is 28.9. The number of rotatable bonds is 3. The van der Waals surface area contributed by atoms with Crippen LogP contribution in [0.5, 0.6) is 5.75 Å². The summed E-state index contributed by atoms with van der Waals surface area (Å²) < 4.78 is 33.8. The Kier molecular flexibility index (Phi) is 4.12. The van der Waals surface area contributed by atoms with E-state index in [1.54, 1.807) is 6.92 Å². The summed E-state index contributed by atoms with van der Waals surface area (Å²) in [5, 5.41) is 12.3. The van der Waals surface area contributed by atoms with Crippen LogP contribution in [0.25, 0.3) is 10.9 Å². The lowest BCUT2D eigenvalue weighted by Gasteiger charge is -2.21. The zero-order valence-electron chi connectivity index (χ0n) is 16.5. The zero-order valence-corrected chi connectivity index (χ0v) is 16.5. The van der Waals surface area contributed by atoms with E-state index >= 15 is 0 Å². The van der Waals surface area contributed by atoms with Gasteiger partial charge in [0.15, 0.2) is 0 Å². The van der Waals surface area contributed by atoms with Gasteiger partial charge in [-0.05, 0) is 55.7 Å². The molecule has 6 nitrogen and oxygen atoms in total. The van der Waals surface area contributed by atoms with E-state index in [0.717, 1.165) is 6.07 Å². The SMILES string of the molecule is Cc1c(C2(C(=O)N[C@H]3COc4cc(C#N)cc(F)c43)CC2)c(=O)[nH]c2ccc(F)cc12. The van der Waals surface area contributed by atoms with Gasteiger partial charge in [-0.15, -0.1) is 0 Å². The summed E-state index contributed by atoms with van der Waals surface area (Å²) >= 11 is 0. The van der Waals surface area contributed by atoms with Crippen molar-refractivity contribution in [2.45, 2.75) is 31.2 Å². The highest BCUT2D eigenvalue weighted by Gasteiger charge is 2.54. The molecule has 1 amide bonds. The van der Waals surface area contributed by atoms with Crippen LogP contribution in [-0.2, 0) is 10.2 Å². The number of amides is 1. The Morgan fingerprint density at radius 2 is 2.06 bits per heavy atom. The van der Waals surface area contributed by atoms with Crippen molar-refractivity contribution in [3.63, 3.8) is 0 Å². The average Bonchev–Trinajstić information content (AvgIpc) is 3.43. The van der Waals surface area contributed by atoms with Gasteiger partial charge in [-0.2, -0.15) is 5.26 Å². The Morgan fingerprint density at radius 1 is 1.29 bits per heavy atom. The van der Waals surface area contributed by atoms with Crippen LogP contribution < -0.4 is 15.6 Å². The molecule has 2 aliphatic rings. The number of carbonyl (C=O) groups excluding carboxylic acids is 1. The molecule has 1 saturated carbocycles. The molecule has 1 aliphatic heterocycles. The Bertz CT molecular complexity index is 1370. The molecule has 0 saturated heterocycles. The molecule has 3 aromatic rings. The molecular weight excluding hydrogens is 404 g/mol. The Balaban J connectivity index is 1.51. The van der Waals surface area contributed by atoms with Crippen molar-refractivity contribution >= 4 is 16.8 Å². The quantitative estimate of drug-likeness (QED) is 0.679. The molecule has 0 bridgehead atoms. The number of nitriles is 1. The molecule has 1 fully saturated rings. The van der Waals surface area contributed by atoms with E-state index in [4.69, 9.17) is 10.00 Å². The summed E-state index contributed by atoms with van der Waals surface area (Å²) in [6.07, 6.45) is 0.916. The predicted octanol–water partition coefficient (Wildman–Crippen LogP) is 3.27. The van der Waals surface area contributed by atoms with Gasteiger partial charge in [-0.1, -0.05) is 0 Å². The molecule has 2 heterocycles. The van der Waals surface area contributed by atoms with Gasteiger partial charge in [-0.25, -0.2) is 8.78 Å². The number of fused-ring (bicyclic) bond motifs is 2. The topological polar surface area (TPSA) is 95.0 Å². The van der Waals surface area contributed by atoms with Crippen LogP contribution in [-0.4, -0.2) is 17.5 Å². The number of ether oxygens (including phenoxy) is 1. The first-order chi connectivity index (χ1) is 14.8. The molecule has 0 spiro atoms. The Morgan fingerprint density at radius 3 is 2.77 bits per heavy atom. The lowest BCUT2D eigenvalue weighted by molar-refractivity contribution is -0.124. The molecule has 2 N–H and O–H groups in total. The van der Waals surface area contributed by atoms with Crippen molar-refractivity contribution in [2.24, 2.45) is 0 Å². The highest BCUT2D eigenvalue weighted by Crippen LogP contribution is 2.49. The van der Waals surface area contributed by atoms with Crippen molar-refractivity contribution in [1.29, 1.82) is 5.26 Å². The fourth-order valence-corrected chi connectivity index (χ4v) is 4.50. The molecule has 8 heteroatoms. The van der Waals surface area contributed by atoms with E-state index in [-0.39, 0.29) is 23.5 Å². The highest BCUT2D eigenvalue weighted by atomic mass is 19.1. The van der Waals surface area contributed by atoms with Gasteiger partial charge in [0.2, 0.25) is 5.91 Å². The van der Waals surface area contributed by atoms with Crippen molar-refractivity contribution in [3.05, 3.63) is 74.6 Å². The van der Waals surface area contributed by atoms with Crippen LogP contribution in [0, 0.1) is 29.9 Å². The molecule has 5 rings (SSSR count). The number of aromatic nitrogens is 1. The van der Waals surface area contributed by atoms with Crippen molar-refractivity contribution in [1.82, 2.24) is 10.3 Å². The van der Waals surface area contributed by atoms with Gasteiger partial charge in [0.05, 0.1) is 28.7 Å². The number of carbonyl (C=O) groups is 1. The second kappa shape index (κ2) is 6.64. The van der Waals surface area contributed by atoms with E-state index in [2.05, 4.69) is 10.3 Å². The zero-order chi connectivity index (χ0) is 21.9. The first kappa shape index (κ1) is 19.2.